The van der Waals surface area contributed by atoms with Crippen molar-refractivity contribution in [1.82, 2.24) is 10.6 Å². The van der Waals surface area contributed by atoms with Gasteiger partial charge in [-0.1, -0.05) is 18.2 Å². The molecular weight excluding hydrogens is 361 g/mol. The molecule has 0 aromatic heterocycles. The van der Waals surface area contributed by atoms with Crippen LogP contribution in [0.1, 0.15) is 26.2 Å². The van der Waals surface area contributed by atoms with Gasteiger partial charge in [0.15, 0.2) is 0 Å². The van der Waals surface area contributed by atoms with Crippen molar-refractivity contribution in [1.29, 1.82) is 0 Å². The summed E-state index contributed by atoms with van der Waals surface area (Å²) in [6.07, 6.45) is 2.40. The molecule has 25 heavy (non-hydrogen) atoms. The SMILES string of the molecule is CCN(CCCNC(=O)C1(OC)CCNCC1)c1ccccc1.Cl.Cl. The summed E-state index contributed by atoms with van der Waals surface area (Å²) in [5, 5.41) is 6.33. The van der Waals surface area contributed by atoms with Crippen LogP contribution in [0.25, 0.3) is 0 Å². The number of carbonyl (C=O) groups is 1. The third-order valence-electron chi connectivity index (χ3n) is 4.61. The summed E-state index contributed by atoms with van der Waals surface area (Å²) >= 11 is 0. The molecule has 0 radical (unpaired) electrons. The van der Waals surface area contributed by atoms with Gasteiger partial charge >= 0.3 is 0 Å². The number of amides is 1. The topological polar surface area (TPSA) is 53.6 Å². The van der Waals surface area contributed by atoms with Gasteiger partial charge in [0, 0.05) is 32.4 Å². The molecule has 0 saturated carbocycles. The third kappa shape index (κ3) is 6.66. The first kappa shape index (κ1) is 24.0. The van der Waals surface area contributed by atoms with E-state index < -0.39 is 5.60 Å². The molecule has 1 saturated heterocycles. The second-order valence-electron chi connectivity index (χ2n) is 5.97. The lowest BCUT2D eigenvalue weighted by Gasteiger charge is -2.34. The number of rotatable bonds is 8. The maximum absolute atomic E-state index is 12.5. The number of nitrogens with one attached hydrogen (secondary N) is 2. The number of benzene rings is 1. The lowest BCUT2D eigenvalue weighted by molar-refractivity contribution is -0.146. The van der Waals surface area contributed by atoms with E-state index in [0.29, 0.717) is 6.54 Å². The van der Waals surface area contributed by atoms with E-state index in [-0.39, 0.29) is 30.7 Å². The average Bonchev–Trinajstić information content (AvgIpc) is 2.63. The number of piperidine rings is 1. The number of hydrogen-bond acceptors (Lipinski definition) is 4. The Morgan fingerprint density at radius 2 is 1.88 bits per heavy atom. The summed E-state index contributed by atoms with van der Waals surface area (Å²) < 4.78 is 5.55. The van der Waals surface area contributed by atoms with E-state index in [0.717, 1.165) is 45.4 Å². The van der Waals surface area contributed by atoms with Crippen molar-refractivity contribution in [2.75, 3.05) is 44.7 Å². The molecule has 0 spiro atoms. The van der Waals surface area contributed by atoms with Crippen LogP contribution in [-0.2, 0) is 9.53 Å². The largest absolute Gasteiger partial charge is 0.372 e. The van der Waals surface area contributed by atoms with E-state index in [1.807, 2.05) is 6.07 Å². The van der Waals surface area contributed by atoms with Gasteiger partial charge in [-0.3, -0.25) is 4.79 Å². The Balaban J connectivity index is 0.00000288. The van der Waals surface area contributed by atoms with Crippen molar-refractivity contribution in [2.45, 2.75) is 31.8 Å². The van der Waals surface area contributed by atoms with E-state index >= 15 is 0 Å². The summed E-state index contributed by atoms with van der Waals surface area (Å²) in [5.41, 5.74) is 0.586. The zero-order valence-electron chi connectivity index (χ0n) is 15.1. The van der Waals surface area contributed by atoms with Crippen LogP contribution in [0.4, 0.5) is 5.69 Å². The Bertz CT molecular complexity index is 482. The van der Waals surface area contributed by atoms with Crippen LogP contribution in [0.3, 0.4) is 0 Å². The van der Waals surface area contributed by atoms with Gasteiger partial charge in [-0.2, -0.15) is 0 Å². The highest BCUT2D eigenvalue weighted by molar-refractivity contribution is 5.86. The molecule has 1 amide bonds. The van der Waals surface area contributed by atoms with Gasteiger partial charge in [-0.05, 0) is 51.4 Å². The normalized spacial score (nSPS) is 15.4. The van der Waals surface area contributed by atoms with Gasteiger partial charge < -0.3 is 20.3 Å². The number of methoxy groups -OCH3 is 1. The van der Waals surface area contributed by atoms with Gasteiger partial charge in [0.25, 0.3) is 5.91 Å². The maximum Gasteiger partial charge on any atom is 0.252 e. The standard InChI is InChI=1S/C18H29N3O2.2ClH/c1-3-21(16-8-5-4-6-9-16)15-7-12-20-17(22)18(23-2)10-13-19-14-11-18;;/h4-6,8-9,19H,3,7,10-15H2,1-2H3,(H,20,22);2*1H. The predicted molar refractivity (Wildman–Crippen MR) is 108 cm³/mol. The molecule has 7 heteroatoms. The van der Waals surface area contributed by atoms with Gasteiger partial charge in [-0.25, -0.2) is 0 Å². The molecule has 5 nitrogen and oxygen atoms in total. The Hall–Kier alpha value is -1.01. The van der Waals surface area contributed by atoms with Gasteiger partial charge in [0.2, 0.25) is 0 Å². The van der Waals surface area contributed by atoms with Crippen LogP contribution >= 0.6 is 24.8 Å². The zero-order valence-corrected chi connectivity index (χ0v) is 16.8. The van der Waals surface area contributed by atoms with Crippen LogP contribution in [0.2, 0.25) is 0 Å². The molecule has 1 heterocycles. The van der Waals surface area contributed by atoms with Crippen molar-refractivity contribution >= 4 is 36.4 Å². The number of nitrogens with zero attached hydrogens (tertiary/aromatic N) is 1. The highest BCUT2D eigenvalue weighted by Gasteiger charge is 2.39. The molecular formula is C18H31Cl2N3O2. The zero-order chi connectivity index (χ0) is 16.5. The first-order valence-corrected chi connectivity index (χ1v) is 8.56. The highest BCUT2D eigenvalue weighted by Crippen LogP contribution is 2.22. The fourth-order valence-corrected chi connectivity index (χ4v) is 3.10. The van der Waals surface area contributed by atoms with E-state index in [1.54, 1.807) is 7.11 Å². The van der Waals surface area contributed by atoms with E-state index in [9.17, 15) is 4.79 Å². The highest BCUT2D eigenvalue weighted by atomic mass is 35.5. The van der Waals surface area contributed by atoms with Crippen molar-refractivity contribution in [3.63, 3.8) is 0 Å². The summed E-state index contributed by atoms with van der Waals surface area (Å²) in [6.45, 7) is 6.40. The summed E-state index contributed by atoms with van der Waals surface area (Å²) in [7, 11) is 1.64. The number of anilines is 1. The van der Waals surface area contributed by atoms with Crippen molar-refractivity contribution < 1.29 is 9.53 Å². The lowest BCUT2D eigenvalue weighted by Crippen LogP contribution is -2.54. The van der Waals surface area contributed by atoms with Gasteiger partial charge in [-0.15, -0.1) is 24.8 Å². The molecule has 1 fully saturated rings. The summed E-state index contributed by atoms with van der Waals surface area (Å²) in [6, 6.07) is 10.4. The maximum atomic E-state index is 12.5. The Kier molecular flexibility index (Phi) is 11.9. The van der Waals surface area contributed by atoms with Crippen LogP contribution in [0, 0.1) is 0 Å². The number of hydrogen-bond donors (Lipinski definition) is 2. The predicted octanol–water partition coefficient (Wildman–Crippen LogP) is 2.63. The van der Waals surface area contributed by atoms with E-state index in [4.69, 9.17) is 4.74 Å². The smallest absolute Gasteiger partial charge is 0.252 e. The molecule has 1 aromatic carbocycles. The molecule has 2 N–H and O–H groups in total. The minimum absolute atomic E-state index is 0. The average molecular weight is 392 g/mol. The van der Waals surface area contributed by atoms with Crippen LogP contribution < -0.4 is 15.5 Å². The van der Waals surface area contributed by atoms with Crippen molar-refractivity contribution in [3.8, 4) is 0 Å². The first-order valence-electron chi connectivity index (χ1n) is 8.56. The summed E-state index contributed by atoms with van der Waals surface area (Å²) in [5.74, 6) is 0.0317. The molecule has 2 rings (SSSR count). The van der Waals surface area contributed by atoms with E-state index in [2.05, 4.69) is 46.7 Å². The van der Waals surface area contributed by atoms with Gasteiger partial charge in [0.05, 0.1) is 0 Å². The first-order chi connectivity index (χ1) is 11.2. The van der Waals surface area contributed by atoms with Crippen LogP contribution in [-0.4, -0.2) is 51.3 Å². The fourth-order valence-electron chi connectivity index (χ4n) is 3.10. The molecule has 144 valence electrons. The Labute approximate surface area is 163 Å². The number of para-hydroxylation sites is 1. The third-order valence-corrected chi connectivity index (χ3v) is 4.61. The van der Waals surface area contributed by atoms with Crippen molar-refractivity contribution in [2.24, 2.45) is 0 Å². The monoisotopic (exact) mass is 391 g/mol. The van der Waals surface area contributed by atoms with Crippen molar-refractivity contribution in [3.05, 3.63) is 30.3 Å². The minimum Gasteiger partial charge on any atom is -0.372 e. The fraction of sp³-hybridized carbons (Fsp3) is 0.611. The molecule has 0 aliphatic carbocycles. The van der Waals surface area contributed by atoms with E-state index in [1.165, 1.54) is 5.69 Å². The second-order valence-corrected chi connectivity index (χ2v) is 5.97. The summed E-state index contributed by atoms with van der Waals surface area (Å²) in [4.78, 5) is 14.8. The second kappa shape index (κ2) is 12.4. The molecule has 0 atom stereocenters. The Morgan fingerprint density at radius 1 is 1.24 bits per heavy atom. The quantitative estimate of drug-likeness (QED) is 0.668. The molecule has 1 aliphatic rings. The molecule has 0 bridgehead atoms. The molecule has 1 aromatic rings. The van der Waals surface area contributed by atoms with Crippen LogP contribution in [0.15, 0.2) is 30.3 Å². The number of halogens is 2. The van der Waals surface area contributed by atoms with Gasteiger partial charge in [0.1, 0.15) is 5.60 Å². The minimum atomic E-state index is -0.644. The van der Waals surface area contributed by atoms with Crippen LogP contribution in [0.5, 0.6) is 0 Å². The number of carbonyl (C=O) groups excluding carboxylic acids is 1. The number of ether oxygens (including phenoxy) is 1. The molecule has 0 unspecified atom stereocenters. The molecule has 1 aliphatic heterocycles. The Morgan fingerprint density at radius 3 is 2.44 bits per heavy atom. The lowest BCUT2D eigenvalue weighted by atomic mass is 9.91.